The molecule has 1 saturated carbocycles. The zero-order valence-corrected chi connectivity index (χ0v) is 10.5. The molecular formula is C14H13ClO3. The molecule has 0 spiro atoms. The fourth-order valence-corrected chi connectivity index (χ4v) is 3.12. The molecule has 2 aromatic rings. The van der Waals surface area contributed by atoms with Crippen LogP contribution in [-0.2, 0) is 10.2 Å². The summed E-state index contributed by atoms with van der Waals surface area (Å²) in [5.74, 6) is -0.761. The quantitative estimate of drug-likeness (QED) is 0.892. The van der Waals surface area contributed by atoms with E-state index in [1.807, 2.05) is 0 Å². The third-order valence-electron chi connectivity index (χ3n) is 3.92. The number of carbonyl (C=O) groups is 1. The van der Waals surface area contributed by atoms with Gasteiger partial charge in [0.2, 0.25) is 0 Å². The van der Waals surface area contributed by atoms with E-state index in [0.29, 0.717) is 23.4 Å². The maximum Gasteiger partial charge on any atom is 0.314 e. The van der Waals surface area contributed by atoms with Gasteiger partial charge in [-0.2, -0.15) is 0 Å². The average molecular weight is 265 g/mol. The van der Waals surface area contributed by atoms with Crippen LogP contribution in [0.25, 0.3) is 11.0 Å². The second-order valence-electron chi connectivity index (χ2n) is 4.88. The highest BCUT2D eigenvalue weighted by molar-refractivity contribution is 6.31. The Bertz CT molecular complexity index is 609. The van der Waals surface area contributed by atoms with Crippen LogP contribution in [0.4, 0.5) is 0 Å². The Hall–Kier alpha value is -1.48. The average Bonchev–Trinajstić information content (AvgIpc) is 2.94. The second-order valence-corrected chi connectivity index (χ2v) is 5.32. The molecule has 1 heterocycles. The summed E-state index contributed by atoms with van der Waals surface area (Å²) in [4.78, 5) is 11.7. The van der Waals surface area contributed by atoms with Crippen LogP contribution in [0, 0.1) is 0 Å². The molecule has 1 fully saturated rings. The van der Waals surface area contributed by atoms with E-state index >= 15 is 0 Å². The molecule has 4 heteroatoms. The molecule has 0 aliphatic heterocycles. The first-order valence-corrected chi connectivity index (χ1v) is 6.42. The van der Waals surface area contributed by atoms with E-state index in [9.17, 15) is 9.90 Å². The molecule has 0 saturated heterocycles. The summed E-state index contributed by atoms with van der Waals surface area (Å²) in [7, 11) is 0. The lowest BCUT2D eigenvalue weighted by molar-refractivity contribution is -0.143. The summed E-state index contributed by atoms with van der Waals surface area (Å²) in [6.45, 7) is 0. The lowest BCUT2D eigenvalue weighted by Crippen LogP contribution is -2.32. The van der Waals surface area contributed by atoms with Gasteiger partial charge in [0.25, 0.3) is 0 Å². The Balaban J connectivity index is 2.24. The van der Waals surface area contributed by atoms with Gasteiger partial charge in [-0.05, 0) is 31.0 Å². The highest BCUT2D eigenvalue weighted by Crippen LogP contribution is 2.45. The second kappa shape index (κ2) is 4.02. The number of fused-ring (bicyclic) bond motifs is 1. The number of hydrogen-bond donors (Lipinski definition) is 1. The number of halogens is 1. The van der Waals surface area contributed by atoms with Gasteiger partial charge in [-0.1, -0.05) is 24.4 Å². The van der Waals surface area contributed by atoms with Crippen LogP contribution in [0.5, 0.6) is 0 Å². The Morgan fingerprint density at radius 3 is 2.72 bits per heavy atom. The van der Waals surface area contributed by atoms with Gasteiger partial charge in [-0.3, -0.25) is 4.79 Å². The fourth-order valence-electron chi connectivity index (χ4n) is 2.95. The number of hydrogen-bond acceptors (Lipinski definition) is 2. The molecule has 0 radical (unpaired) electrons. The van der Waals surface area contributed by atoms with Gasteiger partial charge in [0.05, 0.1) is 11.7 Å². The highest BCUT2D eigenvalue weighted by atomic mass is 35.5. The van der Waals surface area contributed by atoms with Gasteiger partial charge >= 0.3 is 5.97 Å². The maximum absolute atomic E-state index is 11.7. The minimum atomic E-state index is -0.796. The van der Waals surface area contributed by atoms with Crippen molar-refractivity contribution in [3.63, 3.8) is 0 Å². The van der Waals surface area contributed by atoms with Gasteiger partial charge in [0, 0.05) is 16.0 Å². The van der Waals surface area contributed by atoms with Crippen LogP contribution in [0.15, 0.2) is 28.9 Å². The molecule has 18 heavy (non-hydrogen) atoms. The van der Waals surface area contributed by atoms with Crippen molar-refractivity contribution in [2.45, 2.75) is 31.1 Å². The van der Waals surface area contributed by atoms with Crippen molar-refractivity contribution < 1.29 is 14.3 Å². The van der Waals surface area contributed by atoms with Crippen molar-refractivity contribution in [3.8, 4) is 0 Å². The van der Waals surface area contributed by atoms with Crippen molar-refractivity contribution in [1.82, 2.24) is 0 Å². The summed E-state index contributed by atoms with van der Waals surface area (Å²) in [5, 5.41) is 11.0. The summed E-state index contributed by atoms with van der Waals surface area (Å²) >= 11 is 5.99. The van der Waals surface area contributed by atoms with Crippen molar-refractivity contribution in [1.29, 1.82) is 0 Å². The third kappa shape index (κ3) is 1.54. The van der Waals surface area contributed by atoms with E-state index in [1.165, 1.54) is 0 Å². The Labute approximate surface area is 109 Å². The smallest absolute Gasteiger partial charge is 0.314 e. The van der Waals surface area contributed by atoms with E-state index < -0.39 is 11.4 Å². The predicted molar refractivity (Wildman–Crippen MR) is 69.0 cm³/mol. The van der Waals surface area contributed by atoms with Crippen LogP contribution in [-0.4, -0.2) is 11.1 Å². The molecule has 1 aliphatic rings. The van der Waals surface area contributed by atoms with E-state index in [4.69, 9.17) is 16.0 Å². The molecule has 0 amide bonds. The van der Waals surface area contributed by atoms with Gasteiger partial charge < -0.3 is 9.52 Å². The van der Waals surface area contributed by atoms with Crippen molar-refractivity contribution in [2.75, 3.05) is 0 Å². The molecule has 0 unspecified atom stereocenters. The predicted octanol–water partition coefficient (Wildman–Crippen LogP) is 3.98. The van der Waals surface area contributed by atoms with Crippen LogP contribution >= 0.6 is 11.6 Å². The molecule has 3 rings (SSSR count). The molecule has 0 bridgehead atoms. The summed E-state index contributed by atoms with van der Waals surface area (Å²) < 4.78 is 5.47. The van der Waals surface area contributed by atoms with E-state index in [1.54, 1.807) is 24.5 Å². The standard InChI is InChI=1S/C14H13ClO3/c15-9-3-4-12-10(7-9)11(8-18-12)14(13(16)17)5-1-2-6-14/h3-4,7-8H,1-2,5-6H2,(H,16,17). The molecular weight excluding hydrogens is 252 g/mol. The van der Waals surface area contributed by atoms with Crippen molar-refractivity contribution >= 4 is 28.5 Å². The first kappa shape index (κ1) is 11.6. The van der Waals surface area contributed by atoms with Crippen LogP contribution < -0.4 is 0 Å². The maximum atomic E-state index is 11.7. The van der Waals surface area contributed by atoms with Gasteiger partial charge in [-0.25, -0.2) is 0 Å². The van der Waals surface area contributed by atoms with Crippen molar-refractivity contribution in [2.24, 2.45) is 0 Å². The molecule has 0 atom stereocenters. The van der Waals surface area contributed by atoms with Crippen molar-refractivity contribution in [3.05, 3.63) is 35.0 Å². The number of aliphatic carboxylic acids is 1. The summed E-state index contributed by atoms with van der Waals surface area (Å²) in [5.41, 5.74) is 0.669. The normalized spacial score (nSPS) is 18.3. The third-order valence-corrected chi connectivity index (χ3v) is 4.15. The monoisotopic (exact) mass is 264 g/mol. The first-order valence-electron chi connectivity index (χ1n) is 6.04. The Morgan fingerprint density at radius 2 is 2.06 bits per heavy atom. The lowest BCUT2D eigenvalue weighted by Gasteiger charge is -2.22. The Kier molecular flexibility index (Phi) is 2.59. The Morgan fingerprint density at radius 1 is 1.33 bits per heavy atom. The zero-order valence-electron chi connectivity index (χ0n) is 9.78. The first-order chi connectivity index (χ1) is 8.63. The highest BCUT2D eigenvalue weighted by Gasteiger charge is 2.44. The van der Waals surface area contributed by atoms with E-state index in [-0.39, 0.29) is 0 Å². The summed E-state index contributed by atoms with van der Waals surface area (Å²) in [6, 6.07) is 5.32. The number of furan rings is 1. The molecule has 1 N–H and O–H groups in total. The molecule has 1 aliphatic carbocycles. The van der Waals surface area contributed by atoms with Gasteiger partial charge in [0.15, 0.2) is 0 Å². The van der Waals surface area contributed by atoms with Crippen LogP contribution in [0.3, 0.4) is 0 Å². The molecule has 1 aromatic carbocycles. The minimum absolute atomic E-state index is 0.601. The number of carboxylic acid groups (broad SMARTS) is 1. The molecule has 1 aromatic heterocycles. The SMILES string of the molecule is O=C(O)C1(c2coc3ccc(Cl)cc23)CCCC1. The minimum Gasteiger partial charge on any atom is -0.481 e. The molecule has 3 nitrogen and oxygen atoms in total. The van der Waals surface area contributed by atoms with Gasteiger partial charge in [-0.15, -0.1) is 0 Å². The van der Waals surface area contributed by atoms with Crippen LogP contribution in [0.1, 0.15) is 31.2 Å². The van der Waals surface area contributed by atoms with Gasteiger partial charge in [0.1, 0.15) is 5.58 Å². The summed E-state index contributed by atoms with van der Waals surface area (Å²) in [6.07, 6.45) is 4.81. The topological polar surface area (TPSA) is 50.4 Å². The van der Waals surface area contributed by atoms with E-state index in [2.05, 4.69) is 0 Å². The number of carboxylic acids is 1. The largest absolute Gasteiger partial charge is 0.481 e. The fraction of sp³-hybridized carbons (Fsp3) is 0.357. The van der Waals surface area contributed by atoms with E-state index in [0.717, 1.165) is 23.8 Å². The number of rotatable bonds is 2. The molecule has 94 valence electrons. The lowest BCUT2D eigenvalue weighted by atomic mass is 9.79. The zero-order chi connectivity index (χ0) is 12.8. The van der Waals surface area contributed by atoms with Crippen LogP contribution in [0.2, 0.25) is 5.02 Å². The number of benzene rings is 1.